The van der Waals surface area contributed by atoms with Gasteiger partial charge in [0.15, 0.2) is 11.5 Å². The zero-order chi connectivity index (χ0) is 24.9. The highest BCUT2D eigenvalue weighted by Crippen LogP contribution is 2.26. The van der Waals surface area contributed by atoms with Gasteiger partial charge in [-0.15, -0.1) is 0 Å². The molecule has 2 aromatic rings. The lowest BCUT2D eigenvalue weighted by atomic mass is 10.1. The van der Waals surface area contributed by atoms with Crippen molar-refractivity contribution in [2.24, 2.45) is 5.14 Å². The van der Waals surface area contributed by atoms with Gasteiger partial charge < -0.3 is 19.5 Å². The number of rotatable bonds is 11. The van der Waals surface area contributed by atoms with Gasteiger partial charge in [0.1, 0.15) is 17.3 Å². The lowest BCUT2D eigenvalue weighted by Crippen LogP contribution is -2.32. The Balaban J connectivity index is 2.07. The third-order valence-electron chi connectivity index (χ3n) is 3.76. The van der Waals surface area contributed by atoms with E-state index in [9.17, 15) is 8.42 Å². The topological polar surface area (TPSA) is 99.9 Å². The zero-order valence-electron chi connectivity index (χ0n) is 20.8. The molecule has 0 aliphatic rings. The minimum absolute atomic E-state index is 0.228. The minimum atomic E-state index is -4.25. The molecule has 0 fully saturated rings. The molecule has 0 aliphatic heterocycles. The number of sulfonamides is 1. The number of methoxy groups -OCH3 is 1. The molecule has 28 heavy (non-hydrogen) atoms. The van der Waals surface area contributed by atoms with Gasteiger partial charge in [-0.1, -0.05) is 18.2 Å². The highest BCUT2D eigenvalue weighted by Gasteiger charge is 2.16. The molecule has 7 nitrogen and oxygen atoms in total. The van der Waals surface area contributed by atoms with Crippen molar-refractivity contribution >= 4 is 10.0 Å². The van der Waals surface area contributed by atoms with Gasteiger partial charge in [-0.2, -0.15) is 0 Å². The second kappa shape index (κ2) is 10.3. The molecule has 2 rings (SSSR count). The van der Waals surface area contributed by atoms with Crippen LogP contribution in [0, 0.1) is 0 Å². The van der Waals surface area contributed by atoms with E-state index in [2.05, 4.69) is 5.32 Å². The number of benzene rings is 2. The van der Waals surface area contributed by atoms with E-state index in [0.717, 1.165) is 0 Å². The molecule has 0 aliphatic carbocycles. The fourth-order valence-electron chi connectivity index (χ4n) is 2.56. The fourth-order valence-corrected chi connectivity index (χ4v) is 3.27. The Morgan fingerprint density at radius 2 is 1.89 bits per heavy atom. The van der Waals surface area contributed by atoms with Crippen LogP contribution < -0.4 is 24.7 Å². The molecule has 0 spiro atoms. The summed E-state index contributed by atoms with van der Waals surface area (Å²) in [4.78, 5) is -0.456. The molecule has 0 radical (unpaired) electrons. The van der Waals surface area contributed by atoms with Gasteiger partial charge in [0.05, 0.1) is 17.8 Å². The number of ether oxygens (including phenoxy) is 3. The Morgan fingerprint density at radius 1 is 1.18 bits per heavy atom. The van der Waals surface area contributed by atoms with Crippen LogP contribution in [0.4, 0.5) is 0 Å². The normalized spacial score (nSPS) is 16.0. The zero-order valence-corrected chi connectivity index (χ0v) is 16.6. The molecular weight excluding hydrogens is 380 g/mol. The highest BCUT2D eigenvalue weighted by molar-refractivity contribution is 7.89. The van der Waals surface area contributed by atoms with E-state index in [1.807, 2.05) is 6.92 Å². The average Bonchev–Trinajstić information content (AvgIpc) is 2.66. The maximum Gasteiger partial charge on any atom is 0.241 e. The van der Waals surface area contributed by atoms with Crippen LogP contribution in [-0.4, -0.2) is 41.2 Å². The van der Waals surface area contributed by atoms with Gasteiger partial charge in [-0.3, -0.25) is 0 Å². The second-order valence-corrected chi connectivity index (χ2v) is 7.55. The summed E-state index contributed by atoms with van der Waals surface area (Å²) in [5.41, 5.74) is 0.496. The van der Waals surface area contributed by atoms with Crippen molar-refractivity contribution in [1.29, 1.82) is 0 Å². The lowest BCUT2D eigenvalue weighted by molar-refractivity contribution is 0.272. The SMILES string of the molecule is [2H]C([2H])(COc1ccccc1OCC)N[C@H](C)Cc1ccc(OC([2H])([2H])[2H])c(S(N)(=O)=O)c1. The summed E-state index contributed by atoms with van der Waals surface area (Å²) in [5.74, 6) is 0.553. The summed E-state index contributed by atoms with van der Waals surface area (Å²) in [6, 6.07) is 10.5. The first-order chi connectivity index (χ1) is 15.2. The smallest absolute Gasteiger partial charge is 0.241 e. The first kappa shape index (κ1) is 15.6. The third kappa shape index (κ3) is 6.40. The highest BCUT2D eigenvalue weighted by atomic mass is 32.2. The van der Waals surface area contributed by atoms with Crippen LogP contribution in [0.3, 0.4) is 0 Å². The fraction of sp³-hybridized carbons (Fsp3) is 0.400. The molecule has 2 aromatic carbocycles. The number of para-hydroxylation sites is 2. The van der Waals surface area contributed by atoms with E-state index in [4.69, 9.17) is 26.2 Å². The monoisotopic (exact) mass is 413 g/mol. The lowest BCUT2D eigenvalue weighted by Gasteiger charge is -2.16. The van der Waals surface area contributed by atoms with Crippen molar-refractivity contribution in [3.8, 4) is 17.2 Å². The van der Waals surface area contributed by atoms with Crippen LogP contribution in [0.5, 0.6) is 17.2 Å². The Bertz CT molecular complexity index is 1050. The van der Waals surface area contributed by atoms with Crippen molar-refractivity contribution < 1.29 is 29.5 Å². The van der Waals surface area contributed by atoms with Crippen LogP contribution in [0.2, 0.25) is 0 Å². The summed E-state index contributed by atoms with van der Waals surface area (Å²) >= 11 is 0. The molecule has 1 atom stereocenters. The van der Waals surface area contributed by atoms with Crippen LogP contribution in [0.15, 0.2) is 47.4 Å². The molecule has 0 saturated carbocycles. The maximum absolute atomic E-state index is 11.9. The molecule has 8 heteroatoms. The van der Waals surface area contributed by atoms with E-state index < -0.39 is 34.5 Å². The van der Waals surface area contributed by atoms with Crippen LogP contribution in [-0.2, 0) is 16.4 Å². The Morgan fingerprint density at radius 3 is 2.54 bits per heavy atom. The number of hydrogen-bond acceptors (Lipinski definition) is 6. The molecule has 154 valence electrons. The predicted molar refractivity (Wildman–Crippen MR) is 109 cm³/mol. The van der Waals surface area contributed by atoms with Gasteiger partial charge in [0.25, 0.3) is 0 Å². The standard InChI is InChI=1S/C20H28N2O5S/c1-4-26-17-7-5-6-8-18(17)27-12-11-22-15(2)13-16-9-10-19(25-3)20(14-16)28(21,23)24/h5-10,14-15,22H,4,11-13H2,1-3H3,(H2,21,23,24)/t15-/m1/s1/i3D3,11D2. The van der Waals surface area contributed by atoms with Gasteiger partial charge >= 0.3 is 0 Å². The summed E-state index contributed by atoms with van der Waals surface area (Å²) in [5, 5.41) is 8.02. The molecule has 0 amide bonds. The summed E-state index contributed by atoms with van der Waals surface area (Å²) in [7, 11) is -7.09. The number of nitrogens with two attached hydrogens (primary N) is 1. The van der Waals surface area contributed by atoms with Crippen LogP contribution in [0.25, 0.3) is 0 Å². The predicted octanol–water partition coefficient (Wildman–Crippen LogP) is 2.34. The first-order valence-corrected chi connectivity index (χ1v) is 10.2. The van der Waals surface area contributed by atoms with Crippen molar-refractivity contribution in [3.05, 3.63) is 48.0 Å². The quantitative estimate of drug-likeness (QED) is 0.587. The molecule has 0 bridgehead atoms. The van der Waals surface area contributed by atoms with Crippen LogP contribution in [0.1, 0.15) is 26.3 Å². The molecule has 0 unspecified atom stereocenters. The summed E-state index contributed by atoms with van der Waals surface area (Å²) in [6.45, 7) is 1.79. The van der Waals surface area contributed by atoms with Gasteiger partial charge in [-0.05, 0) is 50.1 Å². The molecule has 0 heterocycles. The number of primary sulfonamides is 1. The average molecular weight is 414 g/mol. The molecule has 0 aromatic heterocycles. The van der Waals surface area contributed by atoms with Crippen molar-refractivity contribution in [3.63, 3.8) is 0 Å². The largest absolute Gasteiger partial charge is 0.495 e. The first-order valence-electron chi connectivity index (χ1n) is 11.2. The Hall–Kier alpha value is -2.29. The molecule has 3 N–H and O–H groups in total. The van der Waals surface area contributed by atoms with Gasteiger partial charge in [0, 0.05) is 15.3 Å². The molecule has 0 saturated heterocycles. The third-order valence-corrected chi connectivity index (χ3v) is 4.70. The van der Waals surface area contributed by atoms with Crippen molar-refractivity contribution in [2.45, 2.75) is 31.2 Å². The summed E-state index contributed by atoms with van der Waals surface area (Å²) in [6.07, 6.45) is 0.228. The van der Waals surface area contributed by atoms with E-state index in [1.165, 1.54) is 18.2 Å². The van der Waals surface area contributed by atoms with Gasteiger partial charge in [0.2, 0.25) is 10.0 Å². The van der Waals surface area contributed by atoms with E-state index in [-0.39, 0.29) is 18.8 Å². The Labute approximate surface area is 173 Å². The van der Waals surface area contributed by atoms with Gasteiger partial charge in [-0.25, -0.2) is 13.6 Å². The second-order valence-electron chi connectivity index (χ2n) is 6.02. The van der Waals surface area contributed by atoms with Crippen molar-refractivity contribution in [2.75, 3.05) is 26.7 Å². The summed E-state index contributed by atoms with van der Waals surface area (Å²) < 4.78 is 77.6. The van der Waals surface area contributed by atoms with E-state index >= 15 is 0 Å². The number of hydrogen-bond donors (Lipinski definition) is 2. The maximum atomic E-state index is 11.9. The number of nitrogens with one attached hydrogen (secondary N) is 1. The molecular formula is C20H28N2O5S. The minimum Gasteiger partial charge on any atom is -0.495 e. The van der Waals surface area contributed by atoms with E-state index in [1.54, 1.807) is 31.2 Å². The van der Waals surface area contributed by atoms with Crippen molar-refractivity contribution in [1.82, 2.24) is 5.32 Å². The van der Waals surface area contributed by atoms with E-state index in [0.29, 0.717) is 23.7 Å². The Kier molecular flexibility index (Phi) is 5.75. The van der Waals surface area contributed by atoms with Crippen LogP contribution >= 0.6 is 0 Å².